The van der Waals surface area contributed by atoms with Crippen molar-refractivity contribution in [2.75, 3.05) is 17.7 Å². The molecule has 12 heteroatoms. The number of hydrogen-bond donors (Lipinski definition) is 3. The highest BCUT2D eigenvalue weighted by Gasteiger charge is 2.39. The van der Waals surface area contributed by atoms with Gasteiger partial charge >= 0.3 is 0 Å². The number of fused-ring (bicyclic) bond motifs is 1. The summed E-state index contributed by atoms with van der Waals surface area (Å²) in [5.74, 6) is -0.535. The molecule has 0 unspecified atom stereocenters. The summed E-state index contributed by atoms with van der Waals surface area (Å²) in [7, 11) is 1.66. The predicted octanol–water partition coefficient (Wildman–Crippen LogP) is 2.04. The van der Waals surface area contributed by atoms with Crippen LogP contribution in [0, 0.1) is 5.82 Å². The number of amides is 1. The first-order valence-electron chi connectivity index (χ1n) is 10.1. The molecule has 0 saturated heterocycles. The van der Waals surface area contributed by atoms with Crippen molar-refractivity contribution in [3.63, 3.8) is 0 Å². The maximum Gasteiger partial charge on any atom is 0.280 e. The molecule has 0 radical (unpaired) electrons. The van der Waals surface area contributed by atoms with Gasteiger partial charge in [0.05, 0.1) is 12.2 Å². The number of alkyl halides is 1. The second kappa shape index (κ2) is 7.97. The zero-order valence-corrected chi connectivity index (χ0v) is 17.3. The van der Waals surface area contributed by atoms with E-state index in [1.807, 2.05) is 0 Å². The lowest BCUT2D eigenvalue weighted by Crippen LogP contribution is -2.27. The molecule has 10 nitrogen and oxygen atoms in total. The molecule has 4 aromatic rings. The van der Waals surface area contributed by atoms with Crippen molar-refractivity contribution in [2.45, 2.75) is 18.6 Å². The average Bonchev–Trinajstić information content (AvgIpc) is 3.32. The Morgan fingerprint density at radius 1 is 1.27 bits per heavy atom. The molecule has 3 N–H and O–H groups in total. The van der Waals surface area contributed by atoms with Crippen molar-refractivity contribution < 1.29 is 13.6 Å². The fourth-order valence-corrected chi connectivity index (χ4v) is 3.37. The summed E-state index contributed by atoms with van der Waals surface area (Å²) in [6, 6.07) is 6.81. The van der Waals surface area contributed by atoms with E-state index in [0.29, 0.717) is 5.82 Å². The highest BCUT2D eigenvalue weighted by Crippen LogP contribution is 2.26. The molecule has 1 fully saturated rings. The van der Waals surface area contributed by atoms with Crippen molar-refractivity contribution in [3.05, 3.63) is 70.7 Å². The van der Waals surface area contributed by atoms with E-state index in [2.05, 4.69) is 31.0 Å². The van der Waals surface area contributed by atoms with E-state index in [1.54, 1.807) is 19.2 Å². The number of halogens is 2. The van der Waals surface area contributed by atoms with E-state index in [0.717, 1.165) is 4.57 Å². The normalized spacial score (nSPS) is 17.1. The first kappa shape index (κ1) is 20.5. The summed E-state index contributed by atoms with van der Waals surface area (Å²) in [5, 5.41) is 12.7. The Labute approximate surface area is 185 Å². The van der Waals surface area contributed by atoms with Crippen LogP contribution in [0.2, 0.25) is 0 Å². The SMILES string of the molecule is CNc1cc(Nc2cccn(-c3ncccc3F)c2=O)nc2c(C(=O)N[C@H]3C[C@H]3F)cnn12. The van der Waals surface area contributed by atoms with Crippen LogP contribution >= 0.6 is 0 Å². The second-order valence-electron chi connectivity index (χ2n) is 7.43. The van der Waals surface area contributed by atoms with Crippen LogP contribution in [0.5, 0.6) is 0 Å². The summed E-state index contributed by atoms with van der Waals surface area (Å²) in [4.78, 5) is 33.9. The van der Waals surface area contributed by atoms with Crippen LogP contribution in [0.1, 0.15) is 16.8 Å². The molecular weight excluding hydrogens is 434 g/mol. The van der Waals surface area contributed by atoms with Crippen LogP contribution in [-0.2, 0) is 0 Å². The van der Waals surface area contributed by atoms with Gasteiger partial charge in [-0.2, -0.15) is 9.61 Å². The zero-order valence-electron chi connectivity index (χ0n) is 17.3. The summed E-state index contributed by atoms with van der Waals surface area (Å²) in [6.07, 6.45) is 3.38. The van der Waals surface area contributed by atoms with Gasteiger partial charge in [0.15, 0.2) is 17.3 Å². The van der Waals surface area contributed by atoms with Gasteiger partial charge in [-0.1, -0.05) is 0 Å². The second-order valence-corrected chi connectivity index (χ2v) is 7.43. The molecule has 1 aliphatic carbocycles. The van der Waals surface area contributed by atoms with E-state index < -0.39 is 29.5 Å². The largest absolute Gasteiger partial charge is 0.373 e. The Morgan fingerprint density at radius 3 is 2.82 bits per heavy atom. The molecule has 1 amide bonds. The molecule has 0 spiro atoms. The van der Waals surface area contributed by atoms with E-state index in [9.17, 15) is 18.4 Å². The van der Waals surface area contributed by atoms with Gasteiger partial charge in [-0.05, 0) is 24.3 Å². The zero-order chi connectivity index (χ0) is 23.1. The molecule has 4 aromatic heterocycles. The van der Waals surface area contributed by atoms with E-state index in [-0.39, 0.29) is 35.0 Å². The van der Waals surface area contributed by atoms with Gasteiger partial charge in [-0.3, -0.25) is 14.2 Å². The van der Waals surface area contributed by atoms with E-state index in [1.165, 1.54) is 41.3 Å². The fourth-order valence-electron chi connectivity index (χ4n) is 3.37. The van der Waals surface area contributed by atoms with Gasteiger partial charge in [0.1, 0.15) is 29.1 Å². The molecule has 168 valence electrons. The molecule has 5 rings (SSSR count). The molecule has 0 bridgehead atoms. The Kier molecular flexibility index (Phi) is 4.96. The fraction of sp³-hybridized carbons (Fsp3) is 0.190. The van der Waals surface area contributed by atoms with Gasteiger partial charge in [-0.25, -0.2) is 18.7 Å². The maximum absolute atomic E-state index is 14.2. The van der Waals surface area contributed by atoms with Crippen LogP contribution in [-0.4, -0.2) is 49.3 Å². The summed E-state index contributed by atoms with van der Waals surface area (Å²) < 4.78 is 29.9. The lowest BCUT2D eigenvalue weighted by molar-refractivity contribution is 0.0949. The van der Waals surface area contributed by atoms with E-state index in [4.69, 9.17) is 0 Å². The molecule has 4 heterocycles. The van der Waals surface area contributed by atoms with Crippen LogP contribution in [0.4, 0.5) is 26.1 Å². The smallest absolute Gasteiger partial charge is 0.280 e. The number of nitrogens with zero attached hydrogens (tertiary/aromatic N) is 5. The maximum atomic E-state index is 14.2. The van der Waals surface area contributed by atoms with Crippen molar-refractivity contribution in [2.24, 2.45) is 0 Å². The highest BCUT2D eigenvalue weighted by molar-refractivity contribution is 6.00. The molecular formula is C21H18F2N8O2. The number of nitrogens with one attached hydrogen (secondary N) is 3. The van der Waals surface area contributed by atoms with Gasteiger partial charge < -0.3 is 16.0 Å². The van der Waals surface area contributed by atoms with Crippen molar-refractivity contribution in [1.29, 1.82) is 0 Å². The Balaban J connectivity index is 1.52. The van der Waals surface area contributed by atoms with Crippen molar-refractivity contribution in [3.8, 4) is 5.82 Å². The van der Waals surface area contributed by atoms with E-state index >= 15 is 0 Å². The predicted molar refractivity (Wildman–Crippen MR) is 116 cm³/mol. The molecule has 0 aromatic carbocycles. The number of aromatic nitrogens is 5. The summed E-state index contributed by atoms with van der Waals surface area (Å²) in [6.45, 7) is 0. The summed E-state index contributed by atoms with van der Waals surface area (Å²) >= 11 is 0. The number of rotatable bonds is 6. The number of hydrogen-bond acceptors (Lipinski definition) is 7. The quantitative estimate of drug-likeness (QED) is 0.410. The van der Waals surface area contributed by atoms with Gasteiger partial charge in [0, 0.05) is 31.9 Å². The van der Waals surface area contributed by atoms with Crippen LogP contribution < -0.4 is 21.5 Å². The first-order valence-corrected chi connectivity index (χ1v) is 10.1. The Morgan fingerprint density at radius 2 is 2.09 bits per heavy atom. The number of pyridine rings is 2. The standard InChI is InChI=1S/C21H18F2N8O2/c1-24-17-9-16(29-18-11(10-26-31(17)18)20(32)28-15-8-13(15)23)27-14-5-3-7-30(21(14)33)19-12(22)4-2-6-25-19/h2-7,9-10,13,15,24H,8H2,1H3,(H,27,29)(H,28,32)/t13-,15+/m1/s1. The van der Waals surface area contributed by atoms with Crippen LogP contribution in [0.25, 0.3) is 11.5 Å². The average molecular weight is 452 g/mol. The number of anilines is 3. The van der Waals surface area contributed by atoms with Crippen LogP contribution in [0.3, 0.4) is 0 Å². The number of carbonyl (C=O) groups excluding carboxylic acids is 1. The minimum Gasteiger partial charge on any atom is -0.373 e. The van der Waals surface area contributed by atoms with Gasteiger partial charge in [-0.15, -0.1) is 0 Å². The Hall–Kier alpha value is -4.35. The van der Waals surface area contributed by atoms with Crippen molar-refractivity contribution >= 4 is 28.9 Å². The van der Waals surface area contributed by atoms with Gasteiger partial charge in [0.25, 0.3) is 11.5 Å². The molecule has 0 aliphatic heterocycles. The van der Waals surface area contributed by atoms with Crippen molar-refractivity contribution in [1.82, 2.24) is 29.5 Å². The third kappa shape index (κ3) is 3.75. The third-order valence-electron chi connectivity index (χ3n) is 5.18. The molecule has 1 saturated carbocycles. The monoisotopic (exact) mass is 452 g/mol. The van der Waals surface area contributed by atoms with Crippen LogP contribution in [0.15, 0.2) is 53.7 Å². The summed E-state index contributed by atoms with van der Waals surface area (Å²) in [5.41, 5.74) is -0.0533. The molecule has 1 aliphatic rings. The lowest BCUT2D eigenvalue weighted by atomic mass is 10.3. The Bertz CT molecular complexity index is 1430. The topological polar surface area (TPSA) is 118 Å². The highest BCUT2D eigenvalue weighted by atomic mass is 19.1. The molecule has 2 atom stereocenters. The minimum atomic E-state index is -1.04. The molecule has 33 heavy (non-hydrogen) atoms. The first-order chi connectivity index (χ1) is 16.0. The third-order valence-corrected chi connectivity index (χ3v) is 5.18. The minimum absolute atomic E-state index is 0.116. The number of carbonyl (C=O) groups is 1. The van der Waals surface area contributed by atoms with Gasteiger partial charge in [0.2, 0.25) is 0 Å². The lowest BCUT2D eigenvalue weighted by Gasteiger charge is -2.12.